The van der Waals surface area contributed by atoms with Gasteiger partial charge in [-0.2, -0.15) is 4.31 Å². The fraction of sp³-hybridized carbons (Fsp3) is 0.417. The predicted molar refractivity (Wildman–Crippen MR) is 130 cm³/mol. The number of aliphatic carboxylic acids is 2. The summed E-state index contributed by atoms with van der Waals surface area (Å²) >= 11 is 0. The average molecular weight is 509 g/mol. The van der Waals surface area contributed by atoms with Gasteiger partial charge in [0.1, 0.15) is 6.61 Å². The van der Waals surface area contributed by atoms with E-state index in [1.165, 1.54) is 0 Å². The van der Waals surface area contributed by atoms with Crippen LogP contribution in [0.3, 0.4) is 0 Å². The van der Waals surface area contributed by atoms with Crippen molar-refractivity contribution in [1.82, 2.24) is 9.21 Å². The number of piperazine rings is 1. The minimum Gasteiger partial charge on any atom is -0.493 e. The number of benzene rings is 2. The topological polar surface area (TPSA) is 134 Å². The molecule has 0 aliphatic carbocycles. The Labute approximate surface area is 205 Å². The molecule has 0 atom stereocenters. The van der Waals surface area contributed by atoms with Gasteiger partial charge in [-0.05, 0) is 29.7 Å². The predicted octanol–water partition coefficient (Wildman–Crippen LogP) is 2.29. The first-order valence-corrected chi connectivity index (χ1v) is 12.8. The van der Waals surface area contributed by atoms with Gasteiger partial charge in [-0.1, -0.05) is 43.3 Å². The van der Waals surface area contributed by atoms with Crippen LogP contribution in [-0.4, -0.2) is 78.8 Å². The summed E-state index contributed by atoms with van der Waals surface area (Å²) in [5, 5.41) is 14.8. The van der Waals surface area contributed by atoms with Gasteiger partial charge < -0.3 is 19.7 Å². The van der Waals surface area contributed by atoms with Crippen LogP contribution in [0.5, 0.6) is 11.5 Å². The van der Waals surface area contributed by atoms with E-state index in [1.54, 1.807) is 11.4 Å². The number of carboxylic acid groups (broad SMARTS) is 2. The summed E-state index contributed by atoms with van der Waals surface area (Å²) < 4.78 is 37.5. The van der Waals surface area contributed by atoms with Crippen LogP contribution < -0.4 is 9.47 Å². The number of hydrogen-bond acceptors (Lipinski definition) is 7. The smallest absolute Gasteiger partial charge is 0.414 e. The summed E-state index contributed by atoms with van der Waals surface area (Å²) in [6, 6.07) is 16.0. The summed E-state index contributed by atoms with van der Waals surface area (Å²) in [7, 11) is -1.47. The van der Waals surface area contributed by atoms with Gasteiger partial charge in [-0.25, -0.2) is 18.0 Å². The van der Waals surface area contributed by atoms with Crippen LogP contribution in [0.25, 0.3) is 0 Å². The molecule has 10 nitrogen and oxygen atoms in total. The number of rotatable bonds is 9. The van der Waals surface area contributed by atoms with E-state index in [-0.39, 0.29) is 5.75 Å². The van der Waals surface area contributed by atoms with Crippen LogP contribution >= 0.6 is 0 Å². The summed E-state index contributed by atoms with van der Waals surface area (Å²) in [5.41, 5.74) is 2.23. The van der Waals surface area contributed by atoms with Crippen LogP contribution in [0.1, 0.15) is 24.5 Å². The first-order valence-electron chi connectivity index (χ1n) is 11.2. The Morgan fingerprint density at radius 2 is 1.54 bits per heavy atom. The fourth-order valence-electron chi connectivity index (χ4n) is 3.48. The Morgan fingerprint density at radius 3 is 2.09 bits per heavy atom. The van der Waals surface area contributed by atoms with Crippen molar-refractivity contribution < 1.29 is 37.7 Å². The highest BCUT2D eigenvalue weighted by Gasteiger charge is 2.26. The number of ether oxygens (including phenoxy) is 2. The first kappa shape index (κ1) is 28.1. The number of sulfonamides is 1. The van der Waals surface area contributed by atoms with Crippen molar-refractivity contribution in [1.29, 1.82) is 0 Å². The van der Waals surface area contributed by atoms with E-state index < -0.39 is 22.0 Å². The fourth-order valence-corrected chi connectivity index (χ4v) is 4.97. The SMILES string of the molecule is CCCS(=O)(=O)N1CCN(Cc2ccc(OC)c(OCc3ccccc3)c2)CC1.O=C(O)C(=O)O. The standard InChI is InChI=1S/C22H30N2O4S.C2H2O4/c1-3-15-29(25,26)24-13-11-23(12-14-24)17-20-9-10-21(27-2)22(16-20)28-18-19-7-5-4-6-8-19;3-1(4)2(5)6/h4-10,16H,3,11-15,17-18H2,1-2H3;(H,3,4)(H,5,6). The summed E-state index contributed by atoms with van der Waals surface area (Å²) in [6.45, 7) is 5.70. The van der Waals surface area contributed by atoms with Crippen LogP contribution in [0, 0.1) is 0 Å². The van der Waals surface area contributed by atoms with Crippen molar-refractivity contribution in [2.75, 3.05) is 39.0 Å². The third-order valence-electron chi connectivity index (χ3n) is 5.24. The molecule has 0 saturated carbocycles. The van der Waals surface area contributed by atoms with Crippen LogP contribution in [-0.2, 0) is 32.8 Å². The van der Waals surface area contributed by atoms with Gasteiger partial charge >= 0.3 is 11.9 Å². The Bertz CT molecular complexity index is 1060. The highest BCUT2D eigenvalue weighted by molar-refractivity contribution is 7.89. The lowest BCUT2D eigenvalue weighted by Gasteiger charge is -2.34. The van der Waals surface area contributed by atoms with Crippen molar-refractivity contribution in [2.24, 2.45) is 0 Å². The average Bonchev–Trinajstić information content (AvgIpc) is 2.84. The molecule has 0 amide bonds. The van der Waals surface area contributed by atoms with E-state index in [4.69, 9.17) is 29.3 Å². The molecule has 1 aliphatic rings. The Morgan fingerprint density at radius 1 is 0.914 bits per heavy atom. The molecule has 1 aliphatic heterocycles. The number of carbonyl (C=O) groups is 2. The maximum Gasteiger partial charge on any atom is 0.414 e. The molecule has 2 aromatic rings. The third kappa shape index (κ3) is 9.19. The molecule has 0 radical (unpaired) electrons. The zero-order valence-electron chi connectivity index (χ0n) is 19.9. The highest BCUT2D eigenvalue weighted by Crippen LogP contribution is 2.29. The molecule has 0 spiro atoms. The zero-order chi connectivity index (χ0) is 25.8. The van der Waals surface area contributed by atoms with Crippen molar-refractivity contribution >= 4 is 22.0 Å². The quantitative estimate of drug-likeness (QED) is 0.489. The molecule has 2 aromatic carbocycles. The normalized spacial score (nSPS) is 14.5. The van der Waals surface area contributed by atoms with Gasteiger partial charge in [0.25, 0.3) is 0 Å². The number of nitrogens with zero attached hydrogens (tertiary/aromatic N) is 2. The van der Waals surface area contributed by atoms with E-state index in [2.05, 4.69) is 4.90 Å². The van der Waals surface area contributed by atoms with Crippen molar-refractivity contribution in [2.45, 2.75) is 26.5 Å². The lowest BCUT2D eigenvalue weighted by molar-refractivity contribution is -0.159. The summed E-state index contributed by atoms with van der Waals surface area (Å²) in [4.78, 5) is 20.5. The second-order valence-corrected chi connectivity index (χ2v) is 9.95. The molecule has 1 saturated heterocycles. The molecule has 0 aromatic heterocycles. The van der Waals surface area contributed by atoms with E-state index >= 15 is 0 Å². The van der Waals surface area contributed by atoms with Crippen molar-refractivity contribution in [3.05, 3.63) is 59.7 Å². The molecule has 0 bridgehead atoms. The van der Waals surface area contributed by atoms with Gasteiger partial charge in [-0.15, -0.1) is 0 Å². The Kier molecular flexibility index (Phi) is 11.0. The summed E-state index contributed by atoms with van der Waals surface area (Å²) in [5.74, 6) is -1.99. The highest BCUT2D eigenvalue weighted by atomic mass is 32.2. The van der Waals surface area contributed by atoms with E-state index in [0.29, 0.717) is 31.9 Å². The number of hydrogen-bond donors (Lipinski definition) is 2. The summed E-state index contributed by atoms with van der Waals surface area (Å²) in [6.07, 6.45) is 0.653. The minimum atomic E-state index is -3.11. The lowest BCUT2D eigenvalue weighted by atomic mass is 10.1. The molecular weight excluding hydrogens is 476 g/mol. The third-order valence-corrected chi connectivity index (χ3v) is 7.32. The molecule has 35 heavy (non-hydrogen) atoms. The number of methoxy groups -OCH3 is 1. The molecule has 192 valence electrons. The molecule has 1 fully saturated rings. The van der Waals surface area contributed by atoms with E-state index in [9.17, 15) is 8.42 Å². The molecule has 0 unspecified atom stereocenters. The van der Waals surface area contributed by atoms with Gasteiger partial charge in [0.15, 0.2) is 11.5 Å². The molecular formula is C24H32N2O8S. The lowest BCUT2D eigenvalue weighted by Crippen LogP contribution is -2.48. The molecule has 11 heteroatoms. The van der Waals surface area contributed by atoms with Crippen molar-refractivity contribution in [3.8, 4) is 11.5 Å². The van der Waals surface area contributed by atoms with Gasteiger partial charge in [0.2, 0.25) is 10.0 Å². The van der Waals surface area contributed by atoms with Crippen LogP contribution in [0.15, 0.2) is 48.5 Å². The second-order valence-electron chi connectivity index (χ2n) is 7.86. The van der Waals surface area contributed by atoms with Crippen molar-refractivity contribution in [3.63, 3.8) is 0 Å². The van der Waals surface area contributed by atoms with Gasteiger partial charge in [-0.3, -0.25) is 4.90 Å². The monoisotopic (exact) mass is 508 g/mol. The molecule has 1 heterocycles. The van der Waals surface area contributed by atoms with E-state index in [1.807, 2.05) is 55.5 Å². The van der Waals surface area contributed by atoms with Crippen LogP contribution in [0.4, 0.5) is 0 Å². The first-order chi connectivity index (χ1) is 16.7. The maximum absolute atomic E-state index is 12.2. The largest absolute Gasteiger partial charge is 0.493 e. The second kappa shape index (κ2) is 13.7. The maximum atomic E-state index is 12.2. The van der Waals surface area contributed by atoms with Gasteiger partial charge in [0.05, 0.1) is 12.9 Å². The van der Waals surface area contributed by atoms with E-state index in [0.717, 1.165) is 36.5 Å². The Balaban J connectivity index is 0.000000641. The number of carboxylic acids is 2. The van der Waals surface area contributed by atoms with Crippen LogP contribution in [0.2, 0.25) is 0 Å². The Hall–Kier alpha value is -3.15. The molecule has 3 rings (SSSR count). The zero-order valence-corrected chi connectivity index (χ0v) is 20.7. The minimum absolute atomic E-state index is 0.230. The van der Waals surface area contributed by atoms with Gasteiger partial charge in [0, 0.05) is 32.7 Å². The molecule has 2 N–H and O–H groups in total.